The second-order valence-corrected chi connectivity index (χ2v) is 2.30. The van der Waals surface area contributed by atoms with E-state index in [2.05, 4.69) is 5.32 Å². The van der Waals surface area contributed by atoms with Crippen LogP contribution < -0.4 is 5.32 Å². The molecule has 0 aliphatic carbocycles. The highest BCUT2D eigenvalue weighted by atomic mass is 19.4. The average molecular weight is 231 g/mol. The molecule has 0 aromatic rings. The summed E-state index contributed by atoms with van der Waals surface area (Å²) >= 11 is 0. The van der Waals surface area contributed by atoms with Crippen LogP contribution in [0.25, 0.3) is 0 Å². The van der Waals surface area contributed by atoms with Gasteiger partial charge < -0.3 is 15.5 Å². The van der Waals surface area contributed by atoms with Crippen LogP contribution in [0.3, 0.4) is 0 Å². The van der Waals surface area contributed by atoms with Gasteiger partial charge in [-0.25, -0.2) is 4.79 Å². The lowest BCUT2D eigenvalue weighted by atomic mass is 10.4. The summed E-state index contributed by atoms with van der Waals surface area (Å²) in [4.78, 5) is 18.7. The normalized spacial score (nSPS) is 10.1. The minimum Gasteiger partial charge on any atom is -0.481 e. The Labute approximate surface area is 83.9 Å². The minimum absolute atomic E-state index is 0.216. The van der Waals surface area contributed by atoms with Gasteiger partial charge in [0, 0.05) is 6.54 Å². The summed E-state index contributed by atoms with van der Waals surface area (Å²) in [5, 5.41) is 18.1. The van der Waals surface area contributed by atoms with Gasteiger partial charge in [0.05, 0.1) is 6.42 Å². The van der Waals surface area contributed by atoms with E-state index in [0.29, 0.717) is 6.54 Å². The van der Waals surface area contributed by atoms with E-state index in [4.69, 9.17) is 15.0 Å². The number of carboxylic acids is 2. The average Bonchev–Trinajstić information content (AvgIpc) is 2.03. The van der Waals surface area contributed by atoms with E-state index in [-0.39, 0.29) is 6.42 Å². The number of halogens is 3. The van der Waals surface area contributed by atoms with Crippen molar-refractivity contribution in [2.24, 2.45) is 0 Å². The Kier molecular flexibility index (Phi) is 8.64. The molecule has 0 rings (SSSR count). The second kappa shape index (κ2) is 8.04. The number of hydrogen-bond donors (Lipinski definition) is 3. The van der Waals surface area contributed by atoms with E-state index < -0.39 is 18.1 Å². The zero-order valence-corrected chi connectivity index (χ0v) is 7.97. The lowest BCUT2D eigenvalue weighted by Crippen LogP contribution is -2.21. The quantitative estimate of drug-likeness (QED) is 0.620. The number of aliphatic carboxylic acids is 2. The van der Waals surface area contributed by atoms with E-state index in [1.807, 2.05) is 6.92 Å². The van der Waals surface area contributed by atoms with Crippen LogP contribution in [0.4, 0.5) is 13.2 Å². The van der Waals surface area contributed by atoms with Crippen molar-refractivity contribution in [1.29, 1.82) is 0 Å². The number of hydrogen-bond acceptors (Lipinski definition) is 3. The topological polar surface area (TPSA) is 86.6 Å². The van der Waals surface area contributed by atoms with Gasteiger partial charge in [-0.2, -0.15) is 13.2 Å². The van der Waals surface area contributed by atoms with Crippen LogP contribution in [0.1, 0.15) is 13.3 Å². The first kappa shape index (κ1) is 16.1. The number of alkyl halides is 3. The lowest BCUT2D eigenvalue weighted by molar-refractivity contribution is -0.192. The lowest BCUT2D eigenvalue weighted by Gasteiger charge is -1.93. The van der Waals surface area contributed by atoms with Crippen LogP contribution in [0.5, 0.6) is 0 Å². The molecular formula is C7H12F3NO4. The third-order valence-corrected chi connectivity index (χ3v) is 1.01. The summed E-state index contributed by atoms with van der Waals surface area (Å²) in [6.45, 7) is 3.36. The zero-order valence-electron chi connectivity index (χ0n) is 7.97. The summed E-state index contributed by atoms with van der Waals surface area (Å²) in [6.07, 6.45) is -4.87. The molecule has 5 nitrogen and oxygen atoms in total. The van der Waals surface area contributed by atoms with E-state index in [9.17, 15) is 18.0 Å². The van der Waals surface area contributed by atoms with E-state index >= 15 is 0 Å². The van der Waals surface area contributed by atoms with Crippen LogP contribution in [-0.4, -0.2) is 41.4 Å². The molecule has 0 aliphatic heterocycles. The summed E-state index contributed by atoms with van der Waals surface area (Å²) in [5.41, 5.74) is 0. The van der Waals surface area contributed by atoms with Crippen molar-refractivity contribution in [3.8, 4) is 0 Å². The first-order chi connectivity index (χ1) is 6.71. The van der Waals surface area contributed by atoms with Gasteiger partial charge in [0.1, 0.15) is 0 Å². The number of carbonyl (C=O) groups is 2. The molecule has 15 heavy (non-hydrogen) atoms. The molecule has 0 aromatic carbocycles. The van der Waals surface area contributed by atoms with Gasteiger partial charge in [-0.3, -0.25) is 4.79 Å². The maximum absolute atomic E-state index is 10.6. The van der Waals surface area contributed by atoms with Gasteiger partial charge in [-0.05, 0) is 6.54 Å². The molecule has 0 saturated heterocycles. The first-order valence-electron chi connectivity index (χ1n) is 3.94. The summed E-state index contributed by atoms with van der Waals surface area (Å²) in [7, 11) is 0. The molecule has 3 N–H and O–H groups in total. The molecule has 0 saturated carbocycles. The minimum atomic E-state index is -5.08. The summed E-state index contributed by atoms with van der Waals surface area (Å²) in [5.74, 6) is -3.50. The summed E-state index contributed by atoms with van der Waals surface area (Å²) < 4.78 is 31.7. The SMILES string of the molecule is CCNCCC(=O)O.O=C(O)C(F)(F)F. The number of nitrogens with one attached hydrogen (secondary N) is 1. The van der Waals surface area contributed by atoms with Crippen molar-refractivity contribution in [2.45, 2.75) is 19.5 Å². The van der Waals surface area contributed by atoms with Gasteiger partial charge in [-0.15, -0.1) is 0 Å². The van der Waals surface area contributed by atoms with Crippen LogP contribution in [0, 0.1) is 0 Å². The first-order valence-corrected chi connectivity index (χ1v) is 3.94. The Hall–Kier alpha value is -1.31. The molecule has 0 aromatic heterocycles. The largest absolute Gasteiger partial charge is 0.490 e. The predicted octanol–water partition coefficient (Wildman–Crippen LogP) is 0.704. The molecule has 0 fully saturated rings. The molecule has 0 heterocycles. The molecule has 0 atom stereocenters. The van der Waals surface area contributed by atoms with Crippen molar-refractivity contribution in [3.05, 3.63) is 0 Å². The van der Waals surface area contributed by atoms with E-state index in [1.54, 1.807) is 0 Å². The molecule has 0 bridgehead atoms. The van der Waals surface area contributed by atoms with Gasteiger partial charge in [0.2, 0.25) is 0 Å². The van der Waals surface area contributed by atoms with Gasteiger partial charge in [0.15, 0.2) is 0 Å². The fourth-order valence-electron chi connectivity index (χ4n) is 0.372. The number of carboxylic acid groups (broad SMARTS) is 2. The van der Waals surface area contributed by atoms with E-state index in [0.717, 1.165) is 6.54 Å². The third-order valence-electron chi connectivity index (χ3n) is 1.01. The van der Waals surface area contributed by atoms with Crippen molar-refractivity contribution in [1.82, 2.24) is 5.32 Å². The van der Waals surface area contributed by atoms with Crippen LogP contribution in [0.15, 0.2) is 0 Å². The molecule has 90 valence electrons. The fraction of sp³-hybridized carbons (Fsp3) is 0.714. The predicted molar refractivity (Wildman–Crippen MR) is 44.5 cm³/mol. The van der Waals surface area contributed by atoms with Gasteiger partial charge in [-0.1, -0.05) is 6.92 Å². The molecule has 8 heteroatoms. The highest BCUT2D eigenvalue weighted by Crippen LogP contribution is 2.13. The number of rotatable bonds is 4. The van der Waals surface area contributed by atoms with Crippen molar-refractivity contribution >= 4 is 11.9 Å². The molecular weight excluding hydrogens is 219 g/mol. The van der Waals surface area contributed by atoms with E-state index in [1.165, 1.54) is 0 Å². The van der Waals surface area contributed by atoms with Gasteiger partial charge in [0.25, 0.3) is 0 Å². The molecule has 0 spiro atoms. The Balaban J connectivity index is 0. The third kappa shape index (κ3) is 15.4. The van der Waals surface area contributed by atoms with Crippen molar-refractivity contribution in [3.63, 3.8) is 0 Å². The fourth-order valence-corrected chi connectivity index (χ4v) is 0.372. The Morgan fingerprint density at radius 2 is 1.67 bits per heavy atom. The maximum Gasteiger partial charge on any atom is 0.490 e. The van der Waals surface area contributed by atoms with Crippen LogP contribution in [0.2, 0.25) is 0 Å². The molecule has 0 radical (unpaired) electrons. The smallest absolute Gasteiger partial charge is 0.481 e. The summed E-state index contributed by atoms with van der Waals surface area (Å²) in [6, 6.07) is 0. The second-order valence-electron chi connectivity index (χ2n) is 2.30. The standard InChI is InChI=1S/C5H11NO2.C2HF3O2/c1-2-6-4-3-5(7)8;3-2(4,5)1(6)7/h6H,2-4H2,1H3,(H,7,8);(H,6,7). The van der Waals surface area contributed by atoms with Crippen LogP contribution in [-0.2, 0) is 9.59 Å². The maximum atomic E-state index is 10.6. The zero-order chi connectivity index (χ0) is 12.5. The highest BCUT2D eigenvalue weighted by molar-refractivity contribution is 5.73. The molecule has 0 unspecified atom stereocenters. The Morgan fingerprint density at radius 3 is 1.87 bits per heavy atom. The Bertz CT molecular complexity index is 205. The Morgan fingerprint density at radius 1 is 1.27 bits per heavy atom. The van der Waals surface area contributed by atoms with Crippen molar-refractivity contribution < 1.29 is 33.0 Å². The van der Waals surface area contributed by atoms with Crippen molar-refractivity contribution in [2.75, 3.05) is 13.1 Å². The van der Waals surface area contributed by atoms with Crippen LogP contribution >= 0.6 is 0 Å². The highest BCUT2D eigenvalue weighted by Gasteiger charge is 2.38. The molecule has 0 amide bonds. The van der Waals surface area contributed by atoms with Gasteiger partial charge >= 0.3 is 18.1 Å². The molecule has 0 aliphatic rings. The monoisotopic (exact) mass is 231 g/mol.